The Morgan fingerprint density at radius 2 is 2.05 bits per heavy atom. The molecule has 5 heteroatoms. The van der Waals surface area contributed by atoms with Crippen LogP contribution < -0.4 is 4.74 Å². The number of aromatic nitrogens is 3. The summed E-state index contributed by atoms with van der Waals surface area (Å²) >= 11 is 0. The first-order chi connectivity index (χ1) is 9.38. The van der Waals surface area contributed by atoms with E-state index in [1.807, 2.05) is 0 Å². The van der Waals surface area contributed by atoms with Crippen LogP contribution >= 0.6 is 0 Å². The third-order valence-corrected chi connectivity index (χ3v) is 2.17. The Balaban J connectivity index is 1.98. The van der Waals surface area contributed by atoms with Gasteiger partial charge in [0.05, 0.1) is 12.8 Å². The summed E-state index contributed by atoms with van der Waals surface area (Å²) in [5.41, 5.74) is 0.750. The second-order valence-corrected chi connectivity index (χ2v) is 3.64. The highest BCUT2D eigenvalue weighted by Crippen LogP contribution is 2.11. The standard InChI is InChI=1S/C14H13N3O2/c18-7-2-1-4-12-8-13(10-15-9-12)19-11-14-16-5-3-6-17-14/h3,5-6,8-10,18H,2,7,11H2. The van der Waals surface area contributed by atoms with E-state index < -0.39 is 0 Å². The Morgan fingerprint density at radius 1 is 1.21 bits per heavy atom. The molecule has 2 aromatic heterocycles. The molecule has 19 heavy (non-hydrogen) atoms. The van der Waals surface area contributed by atoms with Crippen molar-refractivity contribution in [2.45, 2.75) is 13.0 Å². The summed E-state index contributed by atoms with van der Waals surface area (Å²) in [5, 5.41) is 8.65. The van der Waals surface area contributed by atoms with E-state index in [4.69, 9.17) is 9.84 Å². The Morgan fingerprint density at radius 3 is 2.84 bits per heavy atom. The zero-order valence-electron chi connectivity index (χ0n) is 10.3. The van der Waals surface area contributed by atoms with Crippen LogP contribution in [0, 0.1) is 11.8 Å². The average Bonchev–Trinajstić information content (AvgIpc) is 2.47. The van der Waals surface area contributed by atoms with Gasteiger partial charge in [-0.3, -0.25) is 4.98 Å². The lowest BCUT2D eigenvalue weighted by molar-refractivity contribution is 0.294. The molecule has 0 spiro atoms. The monoisotopic (exact) mass is 255 g/mol. The molecule has 2 heterocycles. The second kappa shape index (κ2) is 7.09. The highest BCUT2D eigenvalue weighted by Gasteiger charge is 1.99. The molecule has 0 aliphatic carbocycles. The van der Waals surface area contributed by atoms with Crippen LogP contribution in [-0.4, -0.2) is 26.7 Å². The molecular formula is C14H13N3O2. The third-order valence-electron chi connectivity index (χ3n) is 2.17. The minimum absolute atomic E-state index is 0.0575. The Hall–Kier alpha value is -2.45. The molecular weight excluding hydrogens is 242 g/mol. The summed E-state index contributed by atoms with van der Waals surface area (Å²) in [4.78, 5) is 12.2. The molecule has 0 amide bonds. The van der Waals surface area contributed by atoms with E-state index in [-0.39, 0.29) is 13.2 Å². The third kappa shape index (κ3) is 4.37. The number of nitrogens with zero attached hydrogens (tertiary/aromatic N) is 3. The molecule has 0 aliphatic heterocycles. The molecule has 96 valence electrons. The molecule has 0 aliphatic rings. The molecule has 0 atom stereocenters. The van der Waals surface area contributed by atoms with Gasteiger partial charge in [0, 0.05) is 30.6 Å². The van der Waals surface area contributed by atoms with Crippen molar-refractivity contribution in [3.8, 4) is 17.6 Å². The van der Waals surface area contributed by atoms with Crippen LogP contribution in [0.25, 0.3) is 0 Å². The van der Waals surface area contributed by atoms with E-state index in [0.717, 1.165) is 5.56 Å². The van der Waals surface area contributed by atoms with Crippen LogP contribution in [0.2, 0.25) is 0 Å². The summed E-state index contributed by atoms with van der Waals surface area (Å²) in [5.74, 6) is 6.96. The van der Waals surface area contributed by atoms with Gasteiger partial charge >= 0.3 is 0 Å². The van der Waals surface area contributed by atoms with Crippen LogP contribution in [0.4, 0.5) is 0 Å². The van der Waals surface area contributed by atoms with E-state index >= 15 is 0 Å². The fraction of sp³-hybridized carbons (Fsp3) is 0.214. The van der Waals surface area contributed by atoms with E-state index in [2.05, 4.69) is 26.8 Å². The number of ether oxygens (including phenoxy) is 1. The first-order valence-electron chi connectivity index (χ1n) is 5.82. The van der Waals surface area contributed by atoms with Crippen molar-refractivity contribution in [3.63, 3.8) is 0 Å². The fourth-order valence-corrected chi connectivity index (χ4v) is 1.34. The summed E-state index contributed by atoms with van der Waals surface area (Å²) in [7, 11) is 0. The molecule has 1 N–H and O–H groups in total. The number of aliphatic hydroxyl groups is 1. The van der Waals surface area contributed by atoms with Gasteiger partial charge in [-0.1, -0.05) is 11.8 Å². The molecule has 0 saturated carbocycles. The van der Waals surface area contributed by atoms with E-state index in [9.17, 15) is 0 Å². The van der Waals surface area contributed by atoms with Crippen molar-refractivity contribution in [2.24, 2.45) is 0 Å². The number of pyridine rings is 1. The quantitative estimate of drug-likeness (QED) is 0.831. The lowest BCUT2D eigenvalue weighted by Gasteiger charge is -2.04. The maximum absolute atomic E-state index is 8.65. The largest absolute Gasteiger partial charge is 0.484 e. The summed E-state index contributed by atoms with van der Waals surface area (Å²) in [6.45, 7) is 0.345. The Labute approximate surface area is 111 Å². The maximum Gasteiger partial charge on any atom is 0.166 e. The Bertz CT molecular complexity index is 576. The normalized spacial score (nSPS) is 9.53. The molecule has 0 aromatic carbocycles. The molecule has 0 radical (unpaired) electrons. The average molecular weight is 255 g/mol. The van der Waals surface area contributed by atoms with E-state index in [1.54, 1.807) is 36.9 Å². The van der Waals surface area contributed by atoms with Crippen LogP contribution in [0.3, 0.4) is 0 Å². The number of hydrogen-bond donors (Lipinski definition) is 1. The minimum atomic E-state index is 0.0575. The van der Waals surface area contributed by atoms with Gasteiger partial charge in [0.25, 0.3) is 0 Å². The van der Waals surface area contributed by atoms with Crippen molar-refractivity contribution < 1.29 is 9.84 Å². The number of hydrogen-bond acceptors (Lipinski definition) is 5. The van der Waals surface area contributed by atoms with Crippen molar-refractivity contribution in [3.05, 3.63) is 48.3 Å². The zero-order valence-corrected chi connectivity index (χ0v) is 10.3. The van der Waals surface area contributed by atoms with Crippen molar-refractivity contribution in [1.82, 2.24) is 15.0 Å². The van der Waals surface area contributed by atoms with Gasteiger partial charge in [0.2, 0.25) is 0 Å². The molecule has 2 aromatic rings. The van der Waals surface area contributed by atoms with Gasteiger partial charge < -0.3 is 9.84 Å². The van der Waals surface area contributed by atoms with Crippen molar-refractivity contribution in [2.75, 3.05) is 6.61 Å². The van der Waals surface area contributed by atoms with Gasteiger partial charge in [-0.25, -0.2) is 9.97 Å². The topological polar surface area (TPSA) is 68.1 Å². The van der Waals surface area contributed by atoms with Gasteiger partial charge in [-0.2, -0.15) is 0 Å². The molecule has 0 fully saturated rings. The number of aliphatic hydroxyl groups excluding tert-OH is 1. The van der Waals surface area contributed by atoms with Crippen molar-refractivity contribution >= 4 is 0 Å². The van der Waals surface area contributed by atoms with E-state index in [0.29, 0.717) is 18.0 Å². The predicted octanol–water partition coefficient (Wildman–Crippen LogP) is 1.18. The molecule has 0 saturated heterocycles. The first kappa shape index (κ1) is 13.0. The van der Waals surface area contributed by atoms with Gasteiger partial charge in [0.15, 0.2) is 5.82 Å². The molecule has 0 unspecified atom stereocenters. The van der Waals surface area contributed by atoms with Crippen LogP contribution in [-0.2, 0) is 6.61 Å². The SMILES string of the molecule is OCCC#Cc1cncc(OCc2ncccn2)c1. The summed E-state index contributed by atoms with van der Waals surface area (Å²) in [6.07, 6.45) is 7.04. The zero-order chi connectivity index (χ0) is 13.3. The fourth-order valence-electron chi connectivity index (χ4n) is 1.34. The second-order valence-electron chi connectivity index (χ2n) is 3.64. The maximum atomic E-state index is 8.65. The molecule has 2 rings (SSSR count). The summed E-state index contributed by atoms with van der Waals surface area (Å²) in [6, 6.07) is 3.54. The van der Waals surface area contributed by atoms with Crippen LogP contribution in [0.1, 0.15) is 17.8 Å². The molecule has 0 bridgehead atoms. The van der Waals surface area contributed by atoms with Gasteiger partial charge in [-0.05, 0) is 12.1 Å². The van der Waals surface area contributed by atoms with Gasteiger partial charge in [0.1, 0.15) is 12.4 Å². The lowest BCUT2D eigenvalue weighted by atomic mass is 10.2. The van der Waals surface area contributed by atoms with Crippen LogP contribution in [0.15, 0.2) is 36.9 Å². The molecule has 5 nitrogen and oxygen atoms in total. The smallest absolute Gasteiger partial charge is 0.166 e. The summed E-state index contributed by atoms with van der Waals surface area (Å²) < 4.78 is 5.53. The highest BCUT2D eigenvalue weighted by atomic mass is 16.5. The highest BCUT2D eigenvalue weighted by molar-refractivity contribution is 5.36. The predicted molar refractivity (Wildman–Crippen MR) is 69.2 cm³/mol. The Kier molecular flexibility index (Phi) is 4.85. The van der Waals surface area contributed by atoms with Gasteiger partial charge in [-0.15, -0.1) is 0 Å². The minimum Gasteiger partial charge on any atom is -0.484 e. The lowest BCUT2D eigenvalue weighted by Crippen LogP contribution is -2.00. The van der Waals surface area contributed by atoms with Crippen LogP contribution in [0.5, 0.6) is 5.75 Å². The number of rotatable bonds is 4. The van der Waals surface area contributed by atoms with E-state index in [1.165, 1.54) is 0 Å². The van der Waals surface area contributed by atoms with Crippen molar-refractivity contribution in [1.29, 1.82) is 0 Å². The first-order valence-corrected chi connectivity index (χ1v) is 5.82.